The van der Waals surface area contributed by atoms with Crippen LogP contribution in [0.25, 0.3) is 0 Å². The minimum absolute atomic E-state index is 0. The molecular formula is C21H33IN6OS. The van der Waals surface area contributed by atoms with Crippen LogP contribution in [0, 0.1) is 5.92 Å². The van der Waals surface area contributed by atoms with E-state index in [1.165, 1.54) is 10.5 Å². The zero-order valence-corrected chi connectivity index (χ0v) is 21.2. The van der Waals surface area contributed by atoms with Gasteiger partial charge in [-0.2, -0.15) is 0 Å². The highest BCUT2D eigenvalue weighted by atomic mass is 127. The number of halogens is 1. The smallest absolute Gasteiger partial charge is 0.194 e. The minimum Gasteiger partial charge on any atom is -0.381 e. The Bertz CT molecular complexity index is 776. The Morgan fingerprint density at radius 1 is 1.37 bits per heavy atom. The lowest BCUT2D eigenvalue weighted by Crippen LogP contribution is -2.40. The van der Waals surface area contributed by atoms with Crippen LogP contribution < -0.4 is 5.32 Å². The first kappa shape index (κ1) is 24.9. The quantitative estimate of drug-likeness (QED) is 0.226. The second-order valence-electron chi connectivity index (χ2n) is 7.32. The van der Waals surface area contributed by atoms with Gasteiger partial charge < -0.3 is 19.5 Å². The molecule has 1 aromatic carbocycles. The van der Waals surface area contributed by atoms with Crippen LogP contribution in [0.4, 0.5) is 0 Å². The van der Waals surface area contributed by atoms with Crippen molar-refractivity contribution < 1.29 is 4.74 Å². The van der Waals surface area contributed by atoms with E-state index in [1.54, 1.807) is 18.1 Å². The van der Waals surface area contributed by atoms with Gasteiger partial charge in [0.25, 0.3) is 0 Å². The Labute approximate surface area is 201 Å². The van der Waals surface area contributed by atoms with Gasteiger partial charge in [0.1, 0.15) is 12.2 Å². The van der Waals surface area contributed by atoms with Gasteiger partial charge in [0.2, 0.25) is 0 Å². The summed E-state index contributed by atoms with van der Waals surface area (Å²) in [5.41, 5.74) is 1.27. The number of hydrogen-bond acceptors (Lipinski definition) is 5. The highest BCUT2D eigenvalue weighted by Gasteiger charge is 2.16. The predicted molar refractivity (Wildman–Crippen MR) is 134 cm³/mol. The molecule has 1 saturated heterocycles. The topological polar surface area (TPSA) is 67.6 Å². The van der Waals surface area contributed by atoms with E-state index < -0.39 is 0 Å². The van der Waals surface area contributed by atoms with Crippen molar-refractivity contribution in [2.45, 2.75) is 37.8 Å². The Kier molecular flexibility index (Phi) is 10.9. The van der Waals surface area contributed by atoms with Crippen molar-refractivity contribution in [3.63, 3.8) is 0 Å². The third-order valence-electron chi connectivity index (χ3n) is 5.11. The first-order chi connectivity index (χ1) is 14.2. The van der Waals surface area contributed by atoms with Crippen molar-refractivity contribution in [3.8, 4) is 0 Å². The average Bonchev–Trinajstić information content (AvgIpc) is 3.42. The number of nitrogens with one attached hydrogen (secondary N) is 1. The second-order valence-corrected chi connectivity index (χ2v) is 8.20. The molecule has 0 aliphatic carbocycles. The number of hydrogen-bond donors (Lipinski definition) is 1. The molecule has 2 heterocycles. The van der Waals surface area contributed by atoms with E-state index in [9.17, 15) is 0 Å². The Morgan fingerprint density at radius 3 is 2.83 bits per heavy atom. The maximum absolute atomic E-state index is 5.50. The molecule has 1 unspecified atom stereocenters. The summed E-state index contributed by atoms with van der Waals surface area (Å²) in [5.74, 6) is 2.46. The van der Waals surface area contributed by atoms with Crippen LogP contribution in [-0.2, 0) is 24.2 Å². The predicted octanol–water partition coefficient (Wildman–Crippen LogP) is 3.29. The van der Waals surface area contributed by atoms with Gasteiger partial charge in [-0.15, -0.1) is 45.9 Å². The lowest BCUT2D eigenvalue weighted by molar-refractivity contribution is 0.187. The number of thioether (sulfide) groups is 1. The summed E-state index contributed by atoms with van der Waals surface area (Å²) in [6.45, 7) is 6.98. The minimum atomic E-state index is 0. The number of aromatic nitrogens is 3. The van der Waals surface area contributed by atoms with Gasteiger partial charge in [-0.1, -0.05) is 19.1 Å². The van der Waals surface area contributed by atoms with Crippen molar-refractivity contribution in [1.82, 2.24) is 25.0 Å². The fourth-order valence-corrected chi connectivity index (χ4v) is 3.77. The van der Waals surface area contributed by atoms with Crippen LogP contribution in [-0.4, -0.2) is 65.2 Å². The molecule has 0 radical (unpaired) electrons. The van der Waals surface area contributed by atoms with E-state index in [1.807, 2.05) is 0 Å². The standard InChI is InChI=1S/C21H32N6OS.HI/c1-4-20-25-24-16-27(20)11-10-22-21(23-13-18-9-12-28-15-18)26(2)14-17-5-7-19(29-3)8-6-17;/h5-8,16,18H,4,9-15H2,1-3H3,(H,22,23);1H. The molecule has 0 spiro atoms. The van der Waals surface area contributed by atoms with Crippen LogP contribution in [0.1, 0.15) is 24.7 Å². The van der Waals surface area contributed by atoms with Gasteiger partial charge in [-0.05, 0) is 30.4 Å². The van der Waals surface area contributed by atoms with Gasteiger partial charge in [-0.3, -0.25) is 4.99 Å². The normalized spacial score (nSPS) is 16.4. The van der Waals surface area contributed by atoms with E-state index in [2.05, 4.69) is 69.5 Å². The van der Waals surface area contributed by atoms with Crippen LogP contribution in [0.15, 0.2) is 40.5 Å². The monoisotopic (exact) mass is 544 g/mol. The van der Waals surface area contributed by atoms with E-state index in [0.29, 0.717) is 5.92 Å². The first-order valence-corrected chi connectivity index (χ1v) is 11.5. The van der Waals surface area contributed by atoms with Crippen molar-refractivity contribution in [3.05, 3.63) is 42.0 Å². The molecule has 1 atom stereocenters. The summed E-state index contributed by atoms with van der Waals surface area (Å²) in [4.78, 5) is 8.38. The Hall–Kier alpha value is -1.33. The zero-order valence-electron chi connectivity index (χ0n) is 18.1. The van der Waals surface area contributed by atoms with E-state index >= 15 is 0 Å². The maximum atomic E-state index is 5.50. The molecule has 1 aromatic heterocycles. The fourth-order valence-electron chi connectivity index (χ4n) is 3.36. The molecule has 7 nitrogen and oxygen atoms in total. The molecule has 1 aliphatic rings. The third-order valence-corrected chi connectivity index (χ3v) is 5.85. The molecule has 1 aliphatic heterocycles. The summed E-state index contributed by atoms with van der Waals surface area (Å²) < 4.78 is 7.59. The van der Waals surface area contributed by atoms with Crippen LogP contribution >= 0.6 is 35.7 Å². The summed E-state index contributed by atoms with van der Waals surface area (Å²) in [5, 5.41) is 11.7. The zero-order chi connectivity index (χ0) is 20.5. The van der Waals surface area contributed by atoms with Gasteiger partial charge in [-0.25, -0.2) is 0 Å². The van der Waals surface area contributed by atoms with Crippen molar-refractivity contribution in [1.29, 1.82) is 0 Å². The molecule has 9 heteroatoms. The molecule has 166 valence electrons. The molecule has 2 aromatic rings. The fraction of sp³-hybridized carbons (Fsp3) is 0.571. The van der Waals surface area contributed by atoms with Crippen LogP contribution in [0.2, 0.25) is 0 Å². The molecular weight excluding hydrogens is 511 g/mol. The Morgan fingerprint density at radius 2 is 2.17 bits per heavy atom. The molecule has 0 bridgehead atoms. The number of guanidine groups is 1. The van der Waals surface area contributed by atoms with E-state index in [0.717, 1.165) is 64.0 Å². The molecule has 1 fully saturated rings. The first-order valence-electron chi connectivity index (χ1n) is 10.3. The number of aliphatic imine (C=N–C) groups is 1. The molecule has 1 N–H and O–H groups in total. The summed E-state index contributed by atoms with van der Waals surface area (Å²) in [7, 11) is 2.09. The maximum Gasteiger partial charge on any atom is 0.194 e. The summed E-state index contributed by atoms with van der Waals surface area (Å²) in [6, 6.07) is 8.73. The van der Waals surface area contributed by atoms with Gasteiger partial charge >= 0.3 is 0 Å². The van der Waals surface area contributed by atoms with E-state index in [4.69, 9.17) is 9.73 Å². The van der Waals surface area contributed by atoms with Gasteiger partial charge in [0.15, 0.2) is 5.96 Å². The number of benzene rings is 1. The molecule has 0 amide bonds. The van der Waals surface area contributed by atoms with Crippen molar-refractivity contribution >= 4 is 41.7 Å². The Balaban J connectivity index is 0.00000320. The summed E-state index contributed by atoms with van der Waals surface area (Å²) in [6.07, 6.45) is 5.87. The summed E-state index contributed by atoms with van der Waals surface area (Å²) >= 11 is 1.76. The SMILES string of the molecule is CCc1nncn1CCNC(=NCC1CCOC1)N(C)Cc1ccc(SC)cc1.I. The lowest BCUT2D eigenvalue weighted by Gasteiger charge is -2.23. The number of rotatable bonds is 9. The van der Waals surface area contributed by atoms with Gasteiger partial charge in [0, 0.05) is 57.1 Å². The average molecular weight is 545 g/mol. The number of nitrogens with zero attached hydrogens (tertiary/aromatic N) is 5. The molecule has 0 saturated carbocycles. The van der Waals surface area contributed by atoms with Gasteiger partial charge in [0.05, 0.1) is 6.61 Å². The largest absolute Gasteiger partial charge is 0.381 e. The highest BCUT2D eigenvalue weighted by Crippen LogP contribution is 2.16. The molecule has 30 heavy (non-hydrogen) atoms. The second kappa shape index (κ2) is 13.2. The third kappa shape index (κ3) is 7.42. The van der Waals surface area contributed by atoms with E-state index in [-0.39, 0.29) is 24.0 Å². The van der Waals surface area contributed by atoms with Crippen LogP contribution in [0.3, 0.4) is 0 Å². The molecule has 3 rings (SSSR count). The number of ether oxygens (including phenoxy) is 1. The lowest BCUT2D eigenvalue weighted by atomic mass is 10.1. The van der Waals surface area contributed by atoms with Crippen molar-refractivity contribution in [2.24, 2.45) is 10.9 Å². The number of aryl methyl sites for hydroxylation is 1. The van der Waals surface area contributed by atoms with Crippen molar-refractivity contribution in [2.75, 3.05) is 39.6 Å². The van der Waals surface area contributed by atoms with Crippen LogP contribution in [0.5, 0.6) is 0 Å². The highest BCUT2D eigenvalue weighted by molar-refractivity contribution is 14.0.